The maximum atomic E-state index is 12.6. The van der Waals surface area contributed by atoms with Crippen LogP contribution in [0.25, 0.3) is 0 Å². The Balaban J connectivity index is 1.66. The van der Waals surface area contributed by atoms with E-state index in [0.717, 1.165) is 12.0 Å². The Kier molecular flexibility index (Phi) is 5.13. The van der Waals surface area contributed by atoms with E-state index < -0.39 is 12.2 Å². The maximum absolute atomic E-state index is 12.6. The molecular formula is C18H19F2N3O. The van der Waals surface area contributed by atoms with Crippen LogP contribution in [0.5, 0.6) is 0 Å². The van der Waals surface area contributed by atoms with Crippen LogP contribution in [0.2, 0.25) is 0 Å². The van der Waals surface area contributed by atoms with Gasteiger partial charge >= 0.3 is 0 Å². The number of carbonyl (C=O) groups is 1. The fourth-order valence-electron chi connectivity index (χ4n) is 2.67. The van der Waals surface area contributed by atoms with Crippen LogP contribution in [-0.2, 0) is 0 Å². The zero-order valence-corrected chi connectivity index (χ0v) is 13.2. The van der Waals surface area contributed by atoms with E-state index in [0.29, 0.717) is 18.0 Å². The average molecular weight is 331 g/mol. The number of nitrogens with zero attached hydrogens (tertiary/aromatic N) is 2. The van der Waals surface area contributed by atoms with Gasteiger partial charge in [0.2, 0.25) is 0 Å². The number of nitrogens with one attached hydrogen (secondary N) is 1. The van der Waals surface area contributed by atoms with Crippen molar-refractivity contribution in [3.63, 3.8) is 0 Å². The smallest absolute Gasteiger partial charge is 0.297 e. The van der Waals surface area contributed by atoms with Crippen molar-refractivity contribution in [2.45, 2.75) is 31.6 Å². The second-order valence-corrected chi connectivity index (χ2v) is 6.13. The van der Waals surface area contributed by atoms with Crippen LogP contribution in [0.1, 0.15) is 53.4 Å². The summed E-state index contributed by atoms with van der Waals surface area (Å²) in [6.07, 6.45) is 3.51. The Bertz CT molecular complexity index is 672. The highest BCUT2D eigenvalue weighted by molar-refractivity contribution is 5.94. The minimum absolute atomic E-state index is 0.0388. The molecule has 1 aliphatic rings. The Morgan fingerprint density at radius 1 is 1.17 bits per heavy atom. The first kappa shape index (κ1) is 16.5. The summed E-state index contributed by atoms with van der Waals surface area (Å²) >= 11 is 0. The van der Waals surface area contributed by atoms with Crippen LogP contribution in [0, 0.1) is 5.92 Å². The SMILES string of the molecule is O=C(NCC(CC1CC1)c1cnc(C(F)F)nc1)c1ccccc1. The molecule has 1 N–H and O–H groups in total. The van der Waals surface area contributed by atoms with E-state index >= 15 is 0 Å². The lowest BCUT2D eigenvalue weighted by atomic mass is 9.95. The van der Waals surface area contributed by atoms with Gasteiger partial charge in [0.25, 0.3) is 12.3 Å². The zero-order valence-electron chi connectivity index (χ0n) is 13.2. The molecule has 1 aromatic heterocycles. The highest BCUT2D eigenvalue weighted by Gasteiger charge is 2.27. The minimum atomic E-state index is -2.67. The molecule has 24 heavy (non-hydrogen) atoms. The third-order valence-corrected chi connectivity index (χ3v) is 4.22. The Morgan fingerprint density at radius 3 is 2.42 bits per heavy atom. The van der Waals surface area contributed by atoms with Gasteiger partial charge in [-0.25, -0.2) is 18.7 Å². The molecule has 0 spiro atoms. The van der Waals surface area contributed by atoms with Crippen molar-refractivity contribution in [1.82, 2.24) is 15.3 Å². The van der Waals surface area contributed by atoms with Gasteiger partial charge < -0.3 is 5.32 Å². The summed E-state index contributed by atoms with van der Waals surface area (Å²) in [6.45, 7) is 0.446. The van der Waals surface area contributed by atoms with Crippen molar-refractivity contribution in [3.05, 3.63) is 59.7 Å². The molecule has 1 aliphatic carbocycles. The van der Waals surface area contributed by atoms with Gasteiger partial charge in [-0.2, -0.15) is 0 Å². The zero-order chi connectivity index (χ0) is 16.9. The number of amides is 1. The van der Waals surface area contributed by atoms with Gasteiger partial charge in [0.15, 0.2) is 5.82 Å². The van der Waals surface area contributed by atoms with Crippen LogP contribution in [0.4, 0.5) is 8.78 Å². The number of aromatic nitrogens is 2. The molecule has 1 saturated carbocycles. The molecule has 0 radical (unpaired) electrons. The lowest BCUT2D eigenvalue weighted by molar-refractivity contribution is 0.0950. The highest BCUT2D eigenvalue weighted by Crippen LogP contribution is 2.38. The first-order chi connectivity index (χ1) is 11.6. The topological polar surface area (TPSA) is 54.9 Å². The first-order valence-electron chi connectivity index (χ1n) is 8.06. The van der Waals surface area contributed by atoms with Crippen molar-refractivity contribution in [3.8, 4) is 0 Å². The summed E-state index contributed by atoms with van der Waals surface area (Å²) in [7, 11) is 0. The van der Waals surface area contributed by atoms with Crippen LogP contribution >= 0.6 is 0 Å². The van der Waals surface area contributed by atoms with Gasteiger partial charge in [0.05, 0.1) is 0 Å². The van der Waals surface area contributed by atoms with Crippen LogP contribution in [-0.4, -0.2) is 22.4 Å². The summed E-state index contributed by atoms with van der Waals surface area (Å²) in [5.74, 6) is 0.0778. The molecule has 1 aromatic carbocycles. The van der Waals surface area contributed by atoms with E-state index in [1.54, 1.807) is 12.1 Å². The second kappa shape index (κ2) is 7.47. The van der Waals surface area contributed by atoms with Crippen molar-refractivity contribution >= 4 is 5.91 Å². The molecule has 4 nitrogen and oxygen atoms in total. The molecule has 1 atom stereocenters. The number of hydrogen-bond acceptors (Lipinski definition) is 3. The largest absolute Gasteiger partial charge is 0.351 e. The van der Waals surface area contributed by atoms with Crippen LogP contribution in [0.3, 0.4) is 0 Å². The summed E-state index contributed by atoms with van der Waals surface area (Å²) < 4.78 is 25.2. The molecule has 3 rings (SSSR count). The van der Waals surface area contributed by atoms with Crippen molar-refractivity contribution in [2.75, 3.05) is 6.54 Å². The van der Waals surface area contributed by atoms with Gasteiger partial charge in [0.1, 0.15) is 0 Å². The number of carbonyl (C=O) groups excluding carboxylic acids is 1. The highest BCUT2D eigenvalue weighted by atomic mass is 19.3. The van der Waals surface area contributed by atoms with E-state index in [9.17, 15) is 13.6 Å². The van der Waals surface area contributed by atoms with E-state index in [2.05, 4.69) is 15.3 Å². The molecule has 0 bridgehead atoms. The monoisotopic (exact) mass is 331 g/mol. The van der Waals surface area contributed by atoms with Crippen molar-refractivity contribution in [1.29, 1.82) is 0 Å². The Hall–Kier alpha value is -2.37. The molecule has 6 heteroatoms. The molecule has 2 aromatic rings. The Labute approximate surface area is 139 Å². The fourth-order valence-corrected chi connectivity index (χ4v) is 2.67. The summed E-state index contributed by atoms with van der Waals surface area (Å²) in [5, 5.41) is 2.93. The summed E-state index contributed by atoms with van der Waals surface area (Å²) in [4.78, 5) is 19.7. The van der Waals surface area contributed by atoms with Gasteiger partial charge in [-0.1, -0.05) is 31.0 Å². The van der Waals surface area contributed by atoms with E-state index in [4.69, 9.17) is 0 Å². The molecule has 0 saturated heterocycles. The molecule has 1 amide bonds. The van der Waals surface area contributed by atoms with Crippen molar-refractivity contribution < 1.29 is 13.6 Å². The van der Waals surface area contributed by atoms with E-state index in [1.165, 1.54) is 25.2 Å². The summed E-state index contributed by atoms with van der Waals surface area (Å²) in [6, 6.07) is 8.99. The number of halogens is 2. The van der Waals surface area contributed by atoms with Crippen LogP contribution in [0.15, 0.2) is 42.7 Å². The number of alkyl halides is 2. The number of rotatable bonds is 7. The third kappa shape index (κ3) is 4.34. The van der Waals surface area contributed by atoms with Gasteiger partial charge in [-0.3, -0.25) is 4.79 Å². The van der Waals surface area contributed by atoms with Gasteiger partial charge in [-0.15, -0.1) is 0 Å². The molecule has 1 fully saturated rings. The van der Waals surface area contributed by atoms with Gasteiger partial charge in [0, 0.05) is 30.4 Å². The molecule has 1 heterocycles. The predicted octanol–water partition coefficient (Wildman–Crippen LogP) is 3.73. The normalized spacial score (nSPS) is 15.3. The van der Waals surface area contributed by atoms with E-state index in [1.807, 2.05) is 18.2 Å². The minimum Gasteiger partial charge on any atom is -0.351 e. The predicted molar refractivity (Wildman–Crippen MR) is 85.8 cm³/mol. The quantitative estimate of drug-likeness (QED) is 0.841. The lowest BCUT2D eigenvalue weighted by Crippen LogP contribution is -2.28. The molecular weight excluding hydrogens is 312 g/mol. The third-order valence-electron chi connectivity index (χ3n) is 4.22. The first-order valence-corrected chi connectivity index (χ1v) is 8.06. The van der Waals surface area contributed by atoms with Crippen molar-refractivity contribution in [2.24, 2.45) is 5.92 Å². The standard InChI is InChI=1S/C18H19F2N3O/c19-16(20)17-21-10-15(11-22-17)14(8-12-6-7-12)9-23-18(24)13-4-2-1-3-5-13/h1-5,10-12,14,16H,6-9H2,(H,23,24). The summed E-state index contributed by atoms with van der Waals surface area (Å²) in [5.41, 5.74) is 1.40. The average Bonchev–Trinajstić information content (AvgIpc) is 3.43. The molecule has 1 unspecified atom stereocenters. The Morgan fingerprint density at radius 2 is 1.83 bits per heavy atom. The van der Waals surface area contributed by atoms with E-state index in [-0.39, 0.29) is 11.8 Å². The fraction of sp³-hybridized carbons (Fsp3) is 0.389. The maximum Gasteiger partial charge on any atom is 0.297 e. The number of benzene rings is 1. The molecule has 0 aliphatic heterocycles. The number of hydrogen-bond donors (Lipinski definition) is 1. The second-order valence-electron chi connectivity index (χ2n) is 6.13. The molecule has 126 valence electrons. The van der Waals surface area contributed by atoms with Crippen LogP contribution < -0.4 is 5.32 Å². The van der Waals surface area contributed by atoms with Gasteiger partial charge in [-0.05, 0) is 30.0 Å². The lowest BCUT2D eigenvalue weighted by Gasteiger charge is -2.17.